The van der Waals surface area contributed by atoms with E-state index in [2.05, 4.69) is 25.7 Å². The third-order valence-corrected chi connectivity index (χ3v) is 1.98. The van der Waals surface area contributed by atoms with Crippen molar-refractivity contribution in [2.45, 2.75) is 32.6 Å². The van der Waals surface area contributed by atoms with Gasteiger partial charge in [-0.25, -0.2) is 0 Å². The molecular weight excluding hydrogens is 148 g/mol. The molecule has 65 valence electrons. The van der Waals surface area contributed by atoms with Crippen LogP contribution in [0.2, 0.25) is 0 Å². The van der Waals surface area contributed by atoms with Crippen LogP contribution in [0.3, 0.4) is 0 Å². The summed E-state index contributed by atoms with van der Waals surface area (Å²) >= 11 is 0. The van der Waals surface area contributed by atoms with Crippen LogP contribution in [0.1, 0.15) is 32.6 Å². The van der Waals surface area contributed by atoms with Gasteiger partial charge in [0.2, 0.25) is 0 Å². The fourth-order valence-electron chi connectivity index (χ4n) is 1.28. The molecule has 0 aliphatic heterocycles. The summed E-state index contributed by atoms with van der Waals surface area (Å²) in [5.41, 5.74) is 0. The summed E-state index contributed by atoms with van der Waals surface area (Å²) in [6.45, 7) is 1.66. The largest absolute Gasteiger partial charge is 0.300 e. The van der Waals surface area contributed by atoms with Gasteiger partial charge in [-0.1, -0.05) is 6.42 Å². The predicted molar refractivity (Wildman–Crippen MR) is 49.6 cm³/mol. The highest BCUT2D eigenvalue weighted by molar-refractivity contribution is 5.75. The molecule has 0 heterocycles. The standard InChI is InChI=1S/C11H15O/c1-10(12)6-2-3-7-11-8-4-5-9-11/h4-5,8-9H,2-3,6-7H2,1H3. The molecule has 0 bridgehead atoms. The Kier molecular flexibility index (Phi) is 4.34. The maximum Gasteiger partial charge on any atom is 0.129 e. The van der Waals surface area contributed by atoms with Gasteiger partial charge in [-0.05, 0) is 51.4 Å². The van der Waals surface area contributed by atoms with Crippen LogP contribution in [0.5, 0.6) is 0 Å². The molecule has 0 amide bonds. The van der Waals surface area contributed by atoms with Crippen molar-refractivity contribution in [1.82, 2.24) is 0 Å². The van der Waals surface area contributed by atoms with Gasteiger partial charge in [-0.2, -0.15) is 0 Å². The van der Waals surface area contributed by atoms with Crippen LogP contribution in [-0.2, 0) is 4.79 Å². The lowest BCUT2D eigenvalue weighted by molar-refractivity contribution is -0.117. The third-order valence-electron chi connectivity index (χ3n) is 1.98. The maximum atomic E-state index is 10.6. The summed E-state index contributed by atoms with van der Waals surface area (Å²) in [4.78, 5) is 10.6. The molecule has 0 saturated heterocycles. The summed E-state index contributed by atoms with van der Waals surface area (Å²) in [7, 11) is 0. The topological polar surface area (TPSA) is 17.1 Å². The molecule has 0 aromatic carbocycles. The number of ketones is 1. The highest BCUT2D eigenvalue weighted by atomic mass is 16.1. The zero-order valence-electron chi connectivity index (χ0n) is 7.55. The Bertz CT molecular complexity index is 134. The normalized spacial score (nSPS) is 18.4. The van der Waals surface area contributed by atoms with Crippen molar-refractivity contribution in [3.05, 3.63) is 31.6 Å². The Morgan fingerprint density at radius 2 is 1.92 bits per heavy atom. The van der Waals surface area contributed by atoms with Gasteiger partial charge < -0.3 is 4.79 Å². The van der Waals surface area contributed by atoms with Crippen molar-refractivity contribution >= 4 is 5.78 Å². The zero-order chi connectivity index (χ0) is 8.81. The number of carbonyl (C=O) groups excluding carboxylic acids is 1. The molecule has 0 atom stereocenters. The molecule has 1 aliphatic carbocycles. The Morgan fingerprint density at radius 3 is 2.50 bits per heavy atom. The highest BCUT2D eigenvalue weighted by Crippen LogP contribution is 2.27. The summed E-state index contributed by atoms with van der Waals surface area (Å²) in [5, 5.41) is 0. The smallest absolute Gasteiger partial charge is 0.129 e. The van der Waals surface area contributed by atoms with E-state index < -0.39 is 0 Å². The van der Waals surface area contributed by atoms with E-state index in [1.165, 1.54) is 5.92 Å². The molecule has 5 radical (unpaired) electrons. The van der Waals surface area contributed by atoms with Crippen molar-refractivity contribution in [1.29, 1.82) is 0 Å². The van der Waals surface area contributed by atoms with E-state index in [0.717, 1.165) is 25.7 Å². The zero-order valence-corrected chi connectivity index (χ0v) is 7.55. The van der Waals surface area contributed by atoms with Gasteiger partial charge in [-0.3, -0.25) is 0 Å². The van der Waals surface area contributed by atoms with E-state index >= 15 is 0 Å². The van der Waals surface area contributed by atoms with Crippen LogP contribution < -0.4 is 0 Å². The van der Waals surface area contributed by atoms with Gasteiger partial charge in [0.15, 0.2) is 0 Å². The molecule has 0 N–H and O–H groups in total. The van der Waals surface area contributed by atoms with Crippen molar-refractivity contribution in [3.8, 4) is 0 Å². The van der Waals surface area contributed by atoms with Crippen LogP contribution in [-0.4, -0.2) is 5.78 Å². The van der Waals surface area contributed by atoms with Crippen molar-refractivity contribution in [3.63, 3.8) is 0 Å². The summed E-state index contributed by atoms with van der Waals surface area (Å²) in [6, 6.07) is 0. The minimum Gasteiger partial charge on any atom is -0.300 e. The predicted octanol–water partition coefficient (Wildman–Crippen LogP) is 2.54. The number of hydrogen-bond donors (Lipinski definition) is 0. The quantitative estimate of drug-likeness (QED) is 0.569. The minimum atomic E-state index is 0.303. The van der Waals surface area contributed by atoms with Crippen LogP contribution >= 0.6 is 0 Å². The molecule has 1 aliphatic rings. The number of Topliss-reactive ketones (excluding diaryl/α,β-unsaturated/α-hetero) is 1. The molecule has 1 fully saturated rings. The van der Waals surface area contributed by atoms with E-state index in [1.807, 2.05) is 0 Å². The monoisotopic (exact) mass is 163 g/mol. The first kappa shape index (κ1) is 9.76. The first-order chi connectivity index (χ1) is 5.79. The maximum absolute atomic E-state index is 10.6. The van der Waals surface area contributed by atoms with Gasteiger partial charge in [0.05, 0.1) is 0 Å². The van der Waals surface area contributed by atoms with Crippen molar-refractivity contribution in [2.24, 2.45) is 0 Å². The highest BCUT2D eigenvalue weighted by Gasteiger charge is 2.15. The number of rotatable bonds is 5. The third kappa shape index (κ3) is 3.89. The lowest BCUT2D eigenvalue weighted by atomic mass is 9.99. The van der Waals surface area contributed by atoms with Gasteiger partial charge in [0, 0.05) is 6.42 Å². The summed E-state index contributed by atoms with van der Waals surface area (Å²) in [5.74, 6) is 1.69. The van der Waals surface area contributed by atoms with Crippen LogP contribution in [0.25, 0.3) is 0 Å². The lowest BCUT2D eigenvalue weighted by Gasteiger charge is -2.05. The van der Waals surface area contributed by atoms with Crippen LogP contribution in [0.4, 0.5) is 0 Å². The average molecular weight is 163 g/mol. The van der Waals surface area contributed by atoms with E-state index in [9.17, 15) is 4.79 Å². The fourth-order valence-corrected chi connectivity index (χ4v) is 1.28. The number of unbranched alkanes of at least 4 members (excludes halogenated alkanes) is 1. The molecule has 1 nitrogen and oxygen atoms in total. The number of hydrogen-bond acceptors (Lipinski definition) is 1. The SMILES string of the molecule is CC(=O)CCCC[C]1[CH][CH][CH][CH]1. The second-order valence-electron chi connectivity index (χ2n) is 3.20. The Morgan fingerprint density at radius 1 is 1.25 bits per heavy atom. The molecule has 0 unspecified atom stereocenters. The minimum absolute atomic E-state index is 0.303. The van der Waals surface area contributed by atoms with Crippen molar-refractivity contribution < 1.29 is 4.79 Å². The Balaban J connectivity index is 1.91. The van der Waals surface area contributed by atoms with Crippen molar-refractivity contribution in [2.75, 3.05) is 0 Å². The Hall–Kier alpha value is -0.330. The van der Waals surface area contributed by atoms with E-state index in [4.69, 9.17) is 0 Å². The molecule has 1 saturated carbocycles. The van der Waals surface area contributed by atoms with Gasteiger partial charge >= 0.3 is 0 Å². The Labute approximate surface area is 75.5 Å². The number of carbonyl (C=O) groups is 1. The molecule has 1 rings (SSSR count). The van der Waals surface area contributed by atoms with E-state index in [-0.39, 0.29) is 0 Å². The second-order valence-corrected chi connectivity index (χ2v) is 3.20. The van der Waals surface area contributed by atoms with E-state index in [1.54, 1.807) is 6.92 Å². The first-order valence-corrected chi connectivity index (χ1v) is 4.49. The molecule has 0 aromatic heterocycles. The van der Waals surface area contributed by atoms with E-state index in [0.29, 0.717) is 5.78 Å². The molecule has 0 spiro atoms. The van der Waals surface area contributed by atoms with Crippen LogP contribution in [0, 0.1) is 31.6 Å². The average Bonchev–Trinajstić information content (AvgIpc) is 2.49. The van der Waals surface area contributed by atoms with Crippen LogP contribution in [0.15, 0.2) is 0 Å². The second kappa shape index (κ2) is 5.34. The lowest BCUT2D eigenvalue weighted by Crippen LogP contribution is -1.94. The van der Waals surface area contributed by atoms with Gasteiger partial charge in [0.25, 0.3) is 0 Å². The summed E-state index contributed by atoms with van der Waals surface area (Å²) in [6.07, 6.45) is 12.4. The molecule has 0 aromatic rings. The molecular formula is C11H15O. The first-order valence-electron chi connectivity index (χ1n) is 4.49. The fraction of sp³-hybridized carbons (Fsp3) is 0.455. The van der Waals surface area contributed by atoms with Gasteiger partial charge in [0.1, 0.15) is 5.78 Å². The summed E-state index contributed by atoms with van der Waals surface area (Å²) < 4.78 is 0. The molecule has 12 heavy (non-hydrogen) atoms. The molecule has 1 heteroatoms. The van der Waals surface area contributed by atoms with Gasteiger partial charge in [-0.15, -0.1) is 0 Å².